The molecule has 19 heavy (non-hydrogen) atoms. The molecule has 0 aromatic rings. The van der Waals surface area contributed by atoms with Crippen LogP contribution in [0.1, 0.15) is 39.5 Å². The smallest absolute Gasteiger partial charge is 0.188 e. The molecule has 1 heterocycles. The molecule has 1 saturated carbocycles. The molecule has 0 amide bonds. The summed E-state index contributed by atoms with van der Waals surface area (Å²) in [6.45, 7) is 6.55. The average Bonchev–Trinajstić information content (AvgIpc) is 2.96. The lowest BCUT2D eigenvalue weighted by molar-refractivity contribution is -0.122. The van der Waals surface area contributed by atoms with Crippen molar-refractivity contribution in [2.24, 2.45) is 16.1 Å². The first kappa shape index (κ1) is 17.0. The van der Waals surface area contributed by atoms with E-state index in [0.29, 0.717) is 25.2 Å². The van der Waals surface area contributed by atoms with Crippen molar-refractivity contribution in [1.82, 2.24) is 5.32 Å². The van der Waals surface area contributed by atoms with Gasteiger partial charge in [-0.05, 0) is 25.7 Å². The minimum absolute atomic E-state index is 0. The van der Waals surface area contributed by atoms with Gasteiger partial charge in [-0.25, -0.2) is 0 Å². The topological polar surface area (TPSA) is 68.9 Å². The molecule has 2 fully saturated rings. The third-order valence-electron chi connectivity index (χ3n) is 3.45. The van der Waals surface area contributed by atoms with Crippen molar-refractivity contribution in [3.63, 3.8) is 0 Å². The van der Waals surface area contributed by atoms with E-state index in [2.05, 4.69) is 24.2 Å². The van der Waals surface area contributed by atoms with Crippen LogP contribution in [-0.4, -0.2) is 38.0 Å². The molecule has 1 saturated heterocycles. The molecule has 0 aromatic heterocycles. The monoisotopic (exact) mass is 383 g/mol. The maximum absolute atomic E-state index is 5.78. The fourth-order valence-corrected chi connectivity index (χ4v) is 2.14. The molecule has 0 radical (unpaired) electrons. The molecule has 2 rings (SSSR count). The van der Waals surface area contributed by atoms with E-state index >= 15 is 0 Å². The Morgan fingerprint density at radius 1 is 1.32 bits per heavy atom. The van der Waals surface area contributed by atoms with Gasteiger partial charge in [-0.3, -0.25) is 4.99 Å². The molecule has 5 nitrogen and oxygen atoms in total. The number of nitrogens with two attached hydrogens (primary N) is 1. The van der Waals surface area contributed by atoms with Gasteiger partial charge in [0.15, 0.2) is 12.2 Å². The molecule has 0 unspecified atom stereocenters. The SMILES string of the molecule is CC(C)(CCCN=C(N)NC1CC1)C1OCCO1.I. The second-order valence-corrected chi connectivity index (χ2v) is 5.85. The zero-order valence-electron chi connectivity index (χ0n) is 11.9. The fraction of sp³-hybridized carbons (Fsp3) is 0.923. The zero-order chi connectivity index (χ0) is 13.0. The van der Waals surface area contributed by atoms with Gasteiger partial charge >= 0.3 is 0 Å². The van der Waals surface area contributed by atoms with Crippen molar-refractivity contribution in [1.29, 1.82) is 0 Å². The first-order valence-electron chi connectivity index (χ1n) is 6.87. The Labute approximate surface area is 132 Å². The molecule has 0 bridgehead atoms. The Balaban J connectivity index is 0.00000180. The minimum atomic E-state index is -0.0663. The highest BCUT2D eigenvalue weighted by Gasteiger charge is 2.33. The van der Waals surface area contributed by atoms with Gasteiger partial charge in [-0.1, -0.05) is 13.8 Å². The van der Waals surface area contributed by atoms with Crippen LogP contribution in [0.5, 0.6) is 0 Å². The second-order valence-electron chi connectivity index (χ2n) is 5.85. The average molecular weight is 383 g/mol. The van der Waals surface area contributed by atoms with Gasteiger partial charge in [0.1, 0.15) is 0 Å². The Morgan fingerprint density at radius 2 is 1.95 bits per heavy atom. The molecule has 3 N–H and O–H groups in total. The van der Waals surface area contributed by atoms with E-state index in [1.54, 1.807) is 0 Å². The zero-order valence-corrected chi connectivity index (χ0v) is 14.2. The number of nitrogens with zero attached hydrogens (tertiary/aromatic N) is 1. The van der Waals surface area contributed by atoms with Crippen molar-refractivity contribution in [2.45, 2.75) is 51.9 Å². The number of halogens is 1. The molecule has 0 atom stereocenters. The third kappa shape index (κ3) is 5.83. The molecule has 1 aliphatic carbocycles. The molecule has 6 heteroatoms. The summed E-state index contributed by atoms with van der Waals surface area (Å²) in [7, 11) is 0. The minimum Gasteiger partial charge on any atom is -0.370 e. The molecule has 0 spiro atoms. The highest BCUT2D eigenvalue weighted by Crippen LogP contribution is 2.32. The van der Waals surface area contributed by atoms with Gasteiger partial charge in [0.2, 0.25) is 0 Å². The normalized spacial score (nSPS) is 21.3. The van der Waals surface area contributed by atoms with Gasteiger partial charge in [0, 0.05) is 18.0 Å². The van der Waals surface area contributed by atoms with Crippen molar-refractivity contribution in [3.8, 4) is 0 Å². The molecule has 112 valence electrons. The number of ether oxygens (including phenoxy) is 2. The molecule has 2 aliphatic rings. The standard InChI is InChI=1S/C13H25N3O2.HI/c1-13(2,11-17-8-9-18-11)6-3-7-15-12(14)16-10-4-5-10;/h10-11H,3-9H2,1-2H3,(H3,14,15,16);1H. The number of guanidine groups is 1. The maximum atomic E-state index is 5.78. The Bertz CT molecular complexity index is 300. The quantitative estimate of drug-likeness (QED) is 0.318. The summed E-state index contributed by atoms with van der Waals surface area (Å²) >= 11 is 0. The lowest BCUT2D eigenvalue weighted by Gasteiger charge is -2.29. The van der Waals surface area contributed by atoms with Crippen LogP contribution < -0.4 is 11.1 Å². The van der Waals surface area contributed by atoms with Crippen molar-refractivity contribution >= 4 is 29.9 Å². The van der Waals surface area contributed by atoms with E-state index in [-0.39, 0.29) is 35.7 Å². The lowest BCUT2D eigenvalue weighted by Crippen LogP contribution is -2.33. The van der Waals surface area contributed by atoms with E-state index in [0.717, 1.165) is 19.4 Å². The third-order valence-corrected chi connectivity index (χ3v) is 3.45. The largest absolute Gasteiger partial charge is 0.370 e. The number of hydrogen-bond donors (Lipinski definition) is 2. The van der Waals surface area contributed by atoms with Crippen LogP contribution in [0.25, 0.3) is 0 Å². The fourth-order valence-electron chi connectivity index (χ4n) is 2.14. The second kappa shape index (κ2) is 7.64. The molecular formula is C13H26IN3O2. The maximum Gasteiger partial charge on any atom is 0.188 e. The Kier molecular flexibility index (Phi) is 6.82. The van der Waals surface area contributed by atoms with Gasteiger partial charge in [0.25, 0.3) is 0 Å². The van der Waals surface area contributed by atoms with Crippen molar-refractivity contribution in [3.05, 3.63) is 0 Å². The van der Waals surface area contributed by atoms with Crippen LogP contribution in [0, 0.1) is 5.41 Å². The van der Waals surface area contributed by atoms with E-state index in [1.807, 2.05) is 0 Å². The van der Waals surface area contributed by atoms with Gasteiger partial charge in [0.05, 0.1) is 13.2 Å². The molecular weight excluding hydrogens is 357 g/mol. The highest BCUT2D eigenvalue weighted by molar-refractivity contribution is 14.0. The van der Waals surface area contributed by atoms with E-state index in [1.165, 1.54) is 12.8 Å². The van der Waals surface area contributed by atoms with Gasteiger partial charge in [-0.15, -0.1) is 24.0 Å². The first-order valence-corrected chi connectivity index (χ1v) is 6.87. The molecule has 0 aromatic carbocycles. The number of hydrogen-bond acceptors (Lipinski definition) is 3. The van der Waals surface area contributed by atoms with Crippen LogP contribution in [-0.2, 0) is 9.47 Å². The van der Waals surface area contributed by atoms with Crippen LogP contribution >= 0.6 is 24.0 Å². The lowest BCUT2D eigenvalue weighted by atomic mass is 9.87. The molecule has 1 aliphatic heterocycles. The summed E-state index contributed by atoms with van der Waals surface area (Å²) in [6.07, 6.45) is 4.41. The van der Waals surface area contributed by atoms with E-state index in [4.69, 9.17) is 15.2 Å². The summed E-state index contributed by atoms with van der Waals surface area (Å²) in [5.74, 6) is 0.587. The Morgan fingerprint density at radius 3 is 2.53 bits per heavy atom. The number of rotatable bonds is 6. The summed E-state index contributed by atoms with van der Waals surface area (Å²) in [5.41, 5.74) is 5.82. The first-order chi connectivity index (χ1) is 8.58. The number of aliphatic imine (C=N–C) groups is 1. The predicted molar refractivity (Wildman–Crippen MR) is 86.8 cm³/mol. The van der Waals surface area contributed by atoms with E-state index in [9.17, 15) is 0 Å². The van der Waals surface area contributed by atoms with Crippen LogP contribution in [0.15, 0.2) is 4.99 Å². The van der Waals surface area contributed by atoms with Crippen molar-refractivity contribution < 1.29 is 9.47 Å². The summed E-state index contributed by atoms with van der Waals surface area (Å²) < 4.78 is 11.1. The van der Waals surface area contributed by atoms with Crippen LogP contribution in [0.3, 0.4) is 0 Å². The van der Waals surface area contributed by atoms with Crippen molar-refractivity contribution in [2.75, 3.05) is 19.8 Å². The summed E-state index contributed by atoms with van der Waals surface area (Å²) in [6, 6.07) is 0.575. The predicted octanol–water partition coefficient (Wildman–Crippen LogP) is 1.85. The number of nitrogens with one attached hydrogen (secondary N) is 1. The van der Waals surface area contributed by atoms with Gasteiger partial charge < -0.3 is 20.5 Å². The van der Waals surface area contributed by atoms with Gasteiger partial charge in [-0.2, -0.15) is 0 Å². The van der Waals surface area contributed by atoms with E-state index < -0.39 is 0 Å². The summed E-state index contributed by atoms with van der Waals surface area (Å²) in [5, 5.41) is 3.18. The highest BCUT2D eigenvalue weighted by atomic mass is 127. The Hall–Kier alpha value is -0.0800. The summed E-state index contributed by atoms with van der Waals surface area (Å²) in [4.78, 5) is 4.34. The van der Waals surface area contributed by atoms with Crippen LogP contribution in [0.2, 0.25) is 0 Å². The van der Waals surface area contributed by atoms with Crippen LogP contribution in [0.4, 0.5) is 0 Å².